The molecule has 4 aromatic carbocycles. The molecular formula is C33H32BO2S. The van der Waals surface area contributed by atoms with Crippen LogP contribution in [0.25, 0.3) is 42.4 Å². The van der Waals surface area contributed by atoms with Gasteiger partial charge in [0.1, 0.15) is 0 Å². The van der Waals surface area contributed by atoms with Crippen molar-refractivity contribution in [1.29, 1.82) is 0 Å². The molecule has 0 aliphatic heterocycles. The van der Waals surface area contributed by atoms with Crippen LogP contribution in [0.5, 0.6) is 0 Å². The monoisotopic (exact) mass is 503 g/mol. The second-order valence-corrected chi connectivity index (χ2v) is 12.8. The highest BCUT2D eigenvalue weighted by atomic mass is 32.1. The molecule has 4 heteroatoms. The van der Waals surface area contributed by atoms with Crippen molar-refractivity contribution in [3.63, 3.8) is 0 Å². The third kappa shape index (κ3) is 3.85. The van der Waals surface area contributed by atoms with Gasteiger partial charge in [-0.05, 0) is 90.1 Å². The summed E-state index contributed by atoms with van der Waals surface area (Å²) in [5, 5.41) is 13.0. The van der Waals surface area contributed by atoms with Crippen molar-refractivity contribution in [2.75, 3.05) is 0 Å². The van der Waals surface area contributed by atoms with Crippen molar-refractivity contribution in [3.8, 4) is 22.3 Å². The summed E-state index contributed by atoms with van der Waals surface area (Å²) >= 11 is 1.79. The van der Waals surface area contributed by atoms with Gasteiger partial charge in [0.15, 0.2) is 0 Å². The Kier molecular flexibility index (Phi) is 5.47. The second kappa shape index (κ2) is 8.29. The summed E-state index contributed by atoms with van der Waals surface area (Å²) in [6.45, 7) is 12.0. The van der Waals surface area contributed by atoms with Crippen molar-refractivity contribution in [2.24, 2.45) is 0 Å². The Morgan fingerprint density at radius 1 is 0.757 bits per heavy atom. The van der Waals surface area contributed by atoms with Crippen LogP contribution in [-0.4, -0.2) is 23.8 Å². The molecule has 37 heavy (non-hydrogen) atoms. The normalized spacial score (nSPS) is 14.7. The molecule has 1 N–H and O–H groups in total. The van der Waals surface area contributed by atoms with Gasteiger partial charge in [0.05, 0.1) is 11.2 Å². The average Bonchev–Trinajstić information content (AvgIpc) is 3.35. The quantitative estimate of drug-likeness (QED) is 0.248. The smallest absolute Gasteiger partial charge is 0.332 e. The minimum Gasteiger partial charge on any atom is -0.427 e. The summed E-state index contributed by atoms with van der Waals surface area (Å²) in [5.41, 5.74) is 7.34. The molecule has 2 nitrogen and oxygen atoms in total. The summed E-state index contributed by atoms with van der Waals surface area (Å²) in [4.78, 5) is 0. The van der Waals surface area contributed by atoms with E-state index in [1.54, 1.807) is 32.7 Å². The predicted octanol–water partition coefficient (Wildman–Crippen LogP) is 7.84. The van der Waals surface area contributed by atoms with Gasteiger partial charge in [-0.25, -0.2) is 0 Å². The van der Waals surface area contributed by atoms with E-state index in [4.69, 9.17) is 4.65 Å². The molecule has 0 bridgehead atoms. The molecule has 6 rings (SSSR count). The highest BCUT2D eigenvalue weighted by molar-refractivity contribution is 7.27. The van der Waals surface area contributed by atoms with Crippen LogP contribution in [-0.2, 0) is 10.1 Å². The van der Waals surface area contributed by atoms with Gasteiger partial charge in [0.2, 0.25) is 0 Å². The number of hydrogen-bond donors (Lipinski definition) is 1. The molecule has 0 spiro atoms. The van der Waals surface area contributed by atoms with Crippen molar-refractivity contribution in [1.82, 2.24) is 0 Å². The lowest BCUT2D eigenvalue weighted by Gasteiger charge is -2.37. The fourth-order valence-electron chi connectivity index (χ4n) is 5.33. The van der Waals surface area contributed by atoms with E-state index in [2.05, 4.69) is 92.7 Å². The van der Waals surface area contributed by atoms with E-state index in [1.807, 2.05) is 13.8 Å². The summed E-state index contributed by atoms with van der Waals surface area (Å²) in [6, 6.07) is 28.9. The Morgan fingerprint density at radius 2 is 1.46 bits per heavy atom. The molecule has 5 aromatic rings. The molecule has 1 radical (unpaired) electrons. The Bertz CT molecular complexity index is 1670. The van der Waals surface area contributed by atoms with E-state index >= 15 is 0 Å². The van der Waals surface area contributed by atoms with Crippen LogP contribution in [0.2, 0.25) is 0 Å². The van der Waals surface area contributed by atoms with Gasteiger partial charge in [0, 0.05) is 20.2 Å². The van der Waals surface area contributed by atoms with Crippen LogP contribution in [0.15, 0.2) is 78.9 Å². The molecule has 0 fully saturated rings. The maximum atomic E-state index is 10.5. The van der Waals surface area contributed by atoms with Crippen molar-refractivity contribution < 1.29 is 9.76 Å². The maximum Gasteiger partial charge on any atom is 0.332 e. The molecule has 0 unspecified atom stereocenters. The number of fused-ring (bicyclic) bond motifs is 6. The molecule has 0 saturated carbocycles. The van der Waals surface area contributed by atoms with Gasteiger partial charge in [-0.2, -0.15) is 0 Å². The molecular weight excluding hydrogens is 471 g/mol. The highest BCUT2D eigenvalue weighted by Crippen LogP contribution is 2.49. The Morgan fingerprint density at radius 3 is 2.24 bits per heavy atom. The van der Waals surface area contributed by atoms with E-state index in [0.717, 1.165) is 5.46 Å². The van der Waals surface area contributed by atoms with Crippen LogP contribution in [0.3, 0.4) is 0 Å². The lowest BCUT2D eigenvalue weighted by atomic mass is 9.81. The summed E-state index contributed by atoms with van der Waals surface area (Å²) < 4.78 is 8.56. The number of thiophene rings is 1. The minimum atomic E-state index is -0.960. The number of rotatable bonds is 5. The molecule has 0 atom stereocenters. The largest absolute Gasteiger partial charge is 0.427 e. The van der Waals surface area contributed by atoms with E-state index in [1.165, 1.54) is 53.6 Å². The zero-order valence-electron chi connectivity index (χ0n) is 22.3. The van der Waals surface area contributed by atoms with Gasteiger partial charge in [0.25, 0.3) is 0 Å². The Hall–Kier alpha value is -2.92. The Labute approximate surface area is 224 Å². The molecule has 1 aliphatic rings. The first-order chi connectivity index (χ1) is 17.5. The molecule has 0 saturated heterocycles. The zero-order valence-corrected chi connectivity index (χ0v) is 23.2. The van der Waals surface area contributed by atoms with Crippen molar-refractivity contribution >= 4 is 44.5 Å². The summed E-state index contributed by atoms with van der Waals surface area (Å²) in [5.74, 6) is 0. The molecule has 1 aliphatic carbocycles. The number of aliphatic hydroxyl groups is 1. The van der Waals surface area contributed by atoms with Crippen LogP contribution < -0.4 is 5.46 Å². The highest BCUT2D eigenvalue weighted by Gasteiger charge is 2.36. The van der Waals surface area contributed by atoms with E-state index < -0.39 is 11.2 Å². The van der Waals surface area contributed by atoms with Crippen molar-refractivity contribution in [2.45, 2.75) is 58.2 Å². The topological polar surface area (TPSA) is 29.5 Å². The zero-order chi connectivity index (χ0) is 26.2. The van der Waals surface area contributed by atoms with Crippen LogP contribution in [0.4, 0.5) is 0 Å². The van der Waals surface area contributed by atoms with Crippen LogP contribution >= 0.6 is 11.3 Å². The third-order valence-electron chi connectivity index (χ3n) is 8.40. The van der Waals surface area contributed by atoms with Crippen molar-refractivity contribution in [3.05, 3.63) is 90.0 Å². The molecule has 0 amide bonds. The molecule has 1 aromatic heterocycles. The van der Waals surface area contributed by atoms with E-state index in [-0.39, 0.29) is 5.41 Å². The third-order valence-corrected chi connectivity index (χ3v) is 9.63. The first-order valence-electron chi connectivity index (χ1n) is 12.9. The predicted molar refractivity (Wildman–Crippen MR) is 159 cm³/mol. The minimum absolute atomic E-state index is 0.0111. The maximum absolute atomic E-state index is 10.5. The van der Waals surface area contributed by atoms with E-state index in [0.29, 0.717) is 0 Å². The fourth-order valence-corrected chi connectivity index (χ4v) is 6.49. The fraction of sp³-hybridized carbons (Fsp3) is 0.273. The number of benzene rings is 4. The lowest BCUT2D eigenvalue weighted by Crippen LogP contribution is -2.49. The van der Waals surface area contributed by atoms with Gasteiger partial charge in [-0.1, -0.05) is 74.5 Å². The first-order valence-corrected chi connectivity index (χ1v) is 13.7. The molecule has 185 valence electrons. The average molecular weight is 503 g/mol. The standard InChI is InChI=1S/C33H32BO2S/c1-31(2)26-12-8-7-10-22(26)23-16-14-21(19-27(23)31)20-15-17-29-25(18-20)24-11-9-13-28(30(24)37-29)34-36-33(5,6)32(3,4)35/h7-19,35H,1-6H3. The second-order valence-electron chi connectivity index (χ2n) is 11.8. The lowest BCUT2D eigenvalue weighted by molar-refractivity contribution is -0.0893. The van der Waals surface area contributed by atoms with Gasteiger partial charge in [-0.15, -0.1) is 11.3 Å². The van der Waals surface area contributed by atoms with Crippen LogP contribution in [0, 0.1) is 0 Å². The van der Waals surface area contributed by atoms with E-state index in [9.17, 15) is 5.11 Å². The van der Waals surface area contributed by atoms with Gasteiger partial charge >= 0.3 is 7.48 Å². The van der Waals surface area contributed by atoms with Gasteiger partial charge in [-0.3, -0.25) is 0 Å². The summed E-state index contributed by atoms with van der Waals surface area (Å²) in [6.07, 6.45) is 0. The SMILES string of the molecule is CC1(C)c2ccccc2-c2ccc(-c3ccc4sc5c([B]OC(C)(C)C(C)(C)O)cccc5c4c3)cc21. The number of hydrogen-bond acceptors (Lipinski definition) is 3. The first kappa shape index (κ1) is 24.4. The Balaban J connectivity index is 1.40. The molecule has 1 heterocycles. The van der Waals surface area contributed by atoms with Gasteiger partial charge < -0.3 is 9.76 Å². The summed E-state index contributed by atoms with van der Waals surface area (Å²) in [7, 11) is 1.80. The van der Waals surface area contributed by atoms with Crippen LogP contribution in [0.1, 0.15) is 52.7 Å².